The summed E-state index contributed by atoms with van der Waals surface area (Å²) in [7, 11) is -18.5. The summed E-state index contributed by atoms with van der Waals surface area (Å²) in [4.78, 5) is 11.4. The molecule has 0 amide bonds. The molecule has 0 saturated heterocycles. The van der Waals surface area contributed by atoms with Crippen LogP contribution in [0.15, 0.2) is 42.1 Å². The van der Waals surface area contributed by atoms with Crippen molar-refractivity contribution in [2.24, 2.45) is 0 Å². The van der Waals surface area contributed by atoms with Crippen molar-refractivity contribution in [3.8, 4) is 0 Å². The Labute approximate surface area is 279 Å². The number of hydrogen-bond acceptors (Lipinski definition) is 8. The van der Waals surface area contributed by atoms with Gasteiger partial charge in [-0.15, -0.1) is 0 Å². The highest BCUT2D eigenvalue weighted by Gasteiger charge is 2.52. The predicted octanol–water partition coefficient (Wildman–Crippen LogP) is 4.70. The molecular weight excluding hydrogens is 709 g/mol. The highest BCUT2D eigenvalue weighted by Crippen LogP contribution is 2.28. The van der Waals surface area contributed by atoms with Crippen LogP contribution >= 0.6 is 0 Å². The zero-order chi connectivity index (χ0) is 33.8. The van der Waals surface area contributed by atoms with Crippen LogP contribution in [-0.4, -0.2) is 93.5 Å². The lowest BCUT2D eigenvalue weighted by Gasteiger charge is -2.40. The lowest BCUT2D eigenvalue weighted by atomic mass is 10.4. The largest absolute Gasteiger partial charge is 0.636 e. The van der Waals surface area contributed by atoms with Gasteiger partial charge in [-0.3, -0.25) is 0 Å². The summed E-state index contributed by atoms with van der Waals surface area (Å²) in [6.45, 7) is 38.1. The quantitative estimate of drug-likeness (QED) is 0.215. The Morgan fingerprint density at radius 1 is 0.628 bits per heavy atom. The van der Waals surface area contributed by atoms with E-state index in [4.69, 9.17) is 28.8 Å². The number of benzene rings is 1. The van der Waals surface area contributed by atoms with Gasteiger partial charge in [0.25, 0.3) is 0 Å². The van der Waals surface area contributed by atoms with Crippen molar-refractivity contribution in [1.29, 1.82) is 0 Å². The molecule has 1 aromatic carbocycles. The first-order valence-corrected chi connectivity index (χ1v) is 41.5. The van der Waals surface area contributed by atoms with Gasteiger partial charge in [0.15, 0.2) is 62.6 Å². The Morgan fingerprint density at radius 2 is 0.977 bits per heavy atom. The second-order valence-electron chi connectivity index (χ2n) is 13.6. The Hall–Kier alpha value is 0.809. The van der Waals surface area contributed by atoms with Crippen LogP contribution in [0.3, 0.4) is 0 Å². The van der Waals surface area contributed by atoms with Crippen LogP contribution in [0.25, 0.3) is 0 Å². The molecule has 43 heavy (non-hydrogen) atoms. The van der Waals surface area contributed by atoms with Crippen LogP contribution < -0.4 is 5.19 Å². The van der Waals surface area contributed by atoms with Gasteiger partial charge >= 0.3 is 26.2 Å². The summed E-state index contributed by atoms with van der Waals surface area (Å²) in [5.41, 5.74) is 0.473. The van der Waals surface area contributed by atoms with Crippen LogP contribution in [0.5, 0.6) is 0 Å². The van der Waals surface area contributed by atoms with E-state index in [0.717, 1.165) is 10.4 Å². The van der Waals surface area contributed by atoms with E-state index in [0.29, 0.717) is 5.67 Å². The fourth-order valence-corrected chi connectivity index (χ4v) is 38.5. The number of rotatable bonds is 18. The molecule has 1 atom stereocenters. The van der Waals surface area contributed by atoms with Crippen molar-refractivity contribution in [2.45, 2.75) is 111 Å². The molecule has 0 aliphatic rings. The lowest BCUT2D eigenvalue weighted by Crippen LogP contribution is -2.64. The van der Waals surface area contributed by atoms with Gasteiger partial charge in [-0.05, 0) is 116 Å². The third-order valence-electron chi connectivity index (χ3n) is 5.21. The minimum atomic E-state index is -3.12. The predicted molar refractivity (Wildman–Crippen MR) is 209 cm³/mol. The topological polar surface area (TPSA) is 84.8 Å². The second-order valence-corrected chi connectivity index (χ2v) is 43.8. The van der Waals surface area contributed by atoms with E-state index >= 15 is 0 Å². The molecule has 1 N–H and O–H groups in total. The molecule has 8 nitrogen and oxygen atoms in total. The fourth-order valence-electron chi connectivity index (χ4n) is 4.20. The molecular formula is C25H64O8Si10. The summed E-state index contributed by atoms with van der Waals surface area (Å²) < 4.78 is 44.1. The molecule has 0 aromatic heterocycles. The average Bonchev–Trinajstić information content (AvgIpc) is 2.75. The van der Waals surface area contributed by atoms with Crippen molar-refractivity contribution in [2.75, 3.05) is 0 Å². The minimum Gasteiger partial charge on any atom is -0.436 e. The van der Waals surface area contributed by atoms with Crippen molar-refractivity contribution in [1.82, 2.24) is 0 Å². The first-order valence-electron chi connectivity index (χ1n) is 15.7. The van der Waals surface area contributed by atoms with Gasteiger partial charge in [0.2, 0.25) is 0 Å². The molecule has 0 spiro atoms. The molecule has 0 aliphatic heterocycles. The third kappa shape index (κ3) is 18.1. The highest BCUT2D eigenvalue weighted by atomic mass is 28.5. The van der Waals surface area contributed by atoms with E-state index in [2.05, 4.69) is 117 Å². The zero-order valence-electron chi connectivity index (χ0n) is 30.1. The summed E-state index contributed by atoms with van der Waals surface area (Å²) >= 11 is 0. The normalized spacial score (nSPS) is 14.6. The van der Waals surface area contributed by atoms with Gasteiger partial charge in [0.05, 0.1) is 0 Å². The first-order chi connectivity index (χ1) is 19.5. The Kier molecular flexibility index (Phi) is 20.0. The van der Waals surface area contributed by atoms with Crippen molar-refractivity contribution in [3.05, 3.63) is 42.1 Å². The van der Waals surface area contributed by atoms with Gasteiger partial charge in [0, 0.05) is 5.67 Å². The summed E-state index contributed by atoms with van der Waals surface area (Å²) in [6.07, 6.45) is 0. The molecule has 1 unspecified atom stereocenters. The molecule has 0 fully saturated rings. The molecule has 252 valence electrons. The molecule has 18 heteroatoms. The van der Waals surface area contributed by atoms with Crippen molar-refractivity contribution < 1.29 is 33.6 Å². The maximum absolute atomic E-state index is 11.4. The number of allylic oxidation sites excluding steroid dienone is 1. The standard InChI is InChI=1S/C16H34O4Si5.C9H30O4Si5/c1-15(2)24(17,18-21(3)4)14-25(19-22(5)6,20-23(7)8)16-12-10-9-11-13-16;1-14(2)10-18(11-15(3)4,12-16(5)6)13-17(7,8)9/h9-13,17,21-23H,1,14H2,2-8H3;14-16H,1-9H3. The smallest absolute Gasteiger partial charge is 0.436 e. The molecule has 0 bridgehead atoms. The number of hydrogen-bond donors (Lipinski definition) is 1. The van der Waals surface area contributed by atoms with Gasteiger partial charge < -0.3 is 33.6 Å². The summed E-state index contributed by atoms with van der Waals surface area (Å²) in [5.74, 6) is 0. The van der Waals surface area contributed by atoms with E-state index in [1.807, 2.05) is 25.1 Å². The Morgan fingerprint density at radius 3 is 1.26 bits per heavy atom. The second kappa shape index (κ2) is 19.6. The molecule has 0 radical (unpaired) electrons. The van der Waals surface area contributed by atoms with Gasteiger partial charge in [-0.2, -0.15) is 0 Å². The molecule has 0 saturated carbocycles. The van der Waals surface area contributed by atoms with E-state index in [1.165, 1.54) is 0 Å². The Bertz CT molecular complexity index is 896. The van der Waals surface area contributed by atoms with E-state index in [1.54, 1.807) is 0 Å². The van der Waals surface area contributed by atoms with Crippen molar-refractivity contribution >= 4 is 93.9 Å². The minimum absolute atomic E-state index is 0.473. The van der Waals surface area contributed by atoms with Gasteiger partial charge in [-0.1, -0.05) is 36.9 Å². The van der Waals surface area contributed by atoms with E-state index in [9.17, 15) is 4.80 Å². The monoisotopic (exact) mass is 772 g/mol. The van der Waals surface area contributed by atoms with Crippen LogP contribution in [0.4, 0.5) is 0 Å². The summed E-state index contributed by atoms with van der Waals surface area (Å²) in [6, 6.07) is 10.2. The zero-order valence-corrected chi connectivity index (χ0v) is 41.0. The molecule has 0 heterocycles. The van der Waals surface area contributed by atoms with E-state index < -0.39 is 88.7 Å². The maximum Gasteiger partial charge on any atom is 0.636 e. The fraction of sp³-hybridized carbons (Fsp3) is 0.680. The van der Waals surface area contributed by atoms with Crippen LogP contribution in [0.1, 0.15) is 6.92 Å². The maximum atomic E-state index is 11.4. The van der Waals surface area contributed by atoms with Crippen molar-refractivity contribution in [3.63, 3.8) is 0 Å². The van der Waals surface area contributed by atoms with Gasteiger partial charge in [0.1, 0.15) is 0 Å². The average molecular weight is 774 g/mol. The highest BCUT2D eigenvalue weighted by molar-refractivity contribution is 7.00. The van der Waals surface area contributed by atoms with Crippen LogP contribution in [0, 0.1) is 0 Å². The van der Waals surface area contributed by atoms with Gasteiger partial charge in [-0.25, -0.2) is 0 Å². The molecule has 1 rings (SSSR count). The third-order valence-corrected chi connectivity index (χ3v) is 34.4. The summed E-state index contributed by atoms with van der Waals surface area (Å²) in [5, 5.41) is 1.85. The Balaban J connectivity index is 0.000000869. The van der Waals surface area contributed by atoms with Crippen LogP contribution in [-0.2, 0) is 28.8 Å². The molecule has 0 aliphatic carbocycles. The first kappa shape index (κ1) is 43.8. The van der Waals surface area contributed by atoms with Crippen LogP contribution in [0.2, 0.25) is 104 Å². The molecule has 1 aromatic rings. The van der Waals surface area contributed by atoms with E-state index in [-0.39, 0.29) is 0 Å². The lowest BCUT2D eigenvalue weighted by molar-refractivity contribution is 0.160. The SMILES string of the molecule is C=C(C)[Si](O)(C[Si](O[SiH](C)C)(O[SiH](C)C)c1ccccc1)O[SiH](C)C.C[SiH](C)O[Si](O[SiH](C)C)(O[SiH](C)C)O[Si](C)(C)C.